The number of halogens is 2. The van der Waals surface area contributed by atoms with E-state index in [2.05, 4.69) is 5.10 Å². The van der Waals surface area contributed by atoms with Crippen LogP contribution in [-0.4, -0.2) is 9.78 Å². The Morgan fingerprint density at radius 1 is 1.50 bits per heavy atom. The lowest BCUT2D eigenvalue weighted by atomic mass is 10.0. The summed E-state index contributed by atoms with van der Waals surface area (Å²) >= 11 is 6.07. The standard InChI is InChI=1S/C13H15ClFN3/c1-3-18-13(10(14)7-17-18)12(16)9-6-8(2)4-5-11(9)15/h4-7,12H,3,16H2,1-2H3. The molecule has 0 aliphatic heterocycles. The van der Waals surface area contributed by atoms with Crippen molar-refractivity contribution in [2.75, 3.05) is 0 Å². The first kappa shape index (κ1) is 13.1. The maximum Gasteiger partial charge on any atom is 0.128 e. The molecule has 96 valence electrons. The van der Waals surface area contributed by atoms with E-state index in [1.165, 1.54) is 12.3 Å². The van der Waals surface area contributed by atoms with Crippen LogP contribution in [0.1, 0.15) is 29.8 Å². The molecule has 3 nitrogen and oxygen atoms in total. The van der Waals surface area contributed by atoms with E-state index >= 15 is 0 Å². The molecular weight excluding hydrogens is 253 g/mol. The lowest BCUT2D eigenvalue weighted by Gasteiger charge is -2.16. The molecule has 0 aliphatic rings. The summed E-state index contributed by atoms with van der Waals surface area (Å²) in [4.78, 5) is 0. The van der Waals surface area contributed by atoms with E-state index in [0.29, 0.717) is 22.8 Å². The van der Waals surface area contributed by atoms with Gasteiger partial charge in [-0.2, -0.15) is 5.10 Å². The van der Waals surface area contributed by atoms with E-state index in [4.69, 9.17) is 17.3 Å². The van der Waals surface area contributed by atoms with Crippen LogP contribution >= 0.6 is 11.6 Å². The van der Waals surface area contributed by atoms with Gasteiger partial charge in [-0.3, -0.25) is 4.68 Å². The van der Waals surface area contributed by atoms with Gasteiger partial charge in [-0.1, -0.05) is 29.3 Å². The van der Waals surface area contributed by atoms with Crippen molar-refractivity contribution in [3.05, 3.63) is 52.1 Å². The zero-order chi connectivity index (χ0) is 13.3. The maximum atomic E-state index is 13.8. The molecule has 1 aromatic carbocycles. The molecule has 1 aromatic heterocycles. The van der Waals surface area contributed by atoms with Crippen LogP contribution in [-0.2, 0) is 6.54 Å². The third kappa shape index (κ3) is 2.26. The van der Waals surface area contributed by atoms with Crippen LogP contribution in [0, 0.1) is 12.7 Å². The number of rotatable bonds is 3. The molecule has 0 spiro atoms. The molecule has 2 aromatic rings. The van der Waals surface area contributed by atoms with E-state index in [-0.39, 0.29) is 5.82 Å². The van der Waals surface area contributed by atoms with Gasteiger partial charge in [0.2, 0.25) is 0 Å². The minimum absolute atomic E-state index is 0.326. The Morgan fingerprint density at radius 3 is 2.89 bits per heavy atom. The van der Waals surface area contributed by atoms with Gasteiger partial charge >= 0.3 is 0 Å². The Kier molecular flexibility index (Phi) is 3.68. The number of aromatic nitrogens is 2. The van der Waals surface area contributed by atoms with Gasteiger partial charge in [0.05, 0.1) is 23.0 Å². The minimum Gasteiger partial charge on any atom is -0.319 e. The van der Waals surface area contributed by atoms with E-state index in [9.17, 15) is 4.39 Å². The Balaban J connectivity index is 2.50. The number of benzene rings is 1. The summed E-state index contributed by atoms with van der Waals surface area (Å²) in [5.74, 6) is -0.326. The molecule has 0 fully saturated rings. The first-order valence-electron chi connectivity index (χ1n) is 5.77. The zero-order valence-corrected chi connectivity index (χ0v) is 11.1. The molecule has 0 amide bonds. The molecule has 0 saturated carbocycles. The predicted octanol–water partition coefficient (Wildman–Crippen LogP) is 3.05. The Morgan fingerprint density at radius 2 is 2.22 bits per heavy atom. The van der Waals surface area contributed by atoms with Crippen LogP contribution in [0.25, 0.3) is 0 Å². The van der Waals surface area contributed by atoms with Crippen molar-refractivity contribution in [1.29, 1.82) is 0 Å². The summed E-state index contributed by atoms with van der Waals surface area (Å²) in [6.07, 6.45) is 1.54. The largest absolute Gasteiger partial charge is 0.319 e. The highest BCUT2D eigenvalue weighted by atomic mass is 35.5. The van der Waals surface area contributed by atoms with Gasteiger partial charge in [0.1, 0.15) is 5.82 Å². The van der Waals surface area contributed by atoms with Crippen LogP contribution in [0.15, 0.2) is 24.4 Å². The van der Waals surface area contributed by atoms with Gasteiger partial charge < -0.3 is 5.73 Å². The number of aryl methyl sites for hydroxylation is 2. The quantitative estimate of drug-likeness (QED) is 0.929. The summed E-state index contributed by atoms with van der Waals surface area (Å²) in [5.41, 5.74) is 8.16. The Hall–Kier alpha value is -1.39. The average Bonchev–Trinajstić information content (AvgIpc) is 2.72. The second-order valence-electron chi connectivity index (χ2n) is 4.20. The van der Waals surface area contributed by atoms with Crippen molar-refractivity contribution >= 4 is 11.6 Å². The predicted molar refractivity (Wildman–Crippen MR) is 70.1 cm³/mol. The fourth-order valence-corrected chi connectivity index (χ4v) is 2.24. The van der Waals surface area contributed by atoms with Crippen LogP contribution < -0.4 is 5.73 Å². The third-order valence-electron chi connectivity index (χ3n) is 2.91. The molecule has 2 N–H and O–H groups in total. The molecule has 0 aliphatic carbocycles. The molecule has 0 bridgehead atoms. The second kappa shape index (κ2) is 5.08. The van der Waals surface area contributed by atoms with E-state index in [1.807, 2.05) is 13.8 Å². The summed E-state index contributed by atoms with van der Waals surface area (Å²) in [5, 5.41) is 4.58. The lowest BCUT2D eigenvalue weighted by molar-refractivity contribution is 0.567. The van der Waals surface area contributed by atoms with Gasteiger partial charge in [-0.05, 0) is 19.9 Å². The molecule has 1 unspecified atom stereocenters. The molecule has 0 radical (unpaired) electrons. The highest BCUT2D eigenvalue weighted by Crippen LogP contribution is 2.28. The van der Waals surface area contributed by atoms with Crippen molar-refractivity contribution in [2.24, 2.45) is 5.73 Å². The third-order valence-corrected chi connectivity index (χ3v) is 3.21. The Bertz CT molecular complexity index is 565. The summed E-state index contributed by atoms with van der Waals surface area (Å²) in [6, 6.07) is 4.26. The molecule has 1 atom stereocenters. The van der Waals surface area contributed by atoms with E-state index in [0.717, 1.165) is 5.56 Å². The monoisotopic (exact) mass is 267 g/mol. The van der Waals surface area contributed by atoms with Crippen molar-refractivity contribution in [3.8, 4) is 0 Å². The van der Waals surface area contributed by atoms with Crippen molar-refractivity contribution in [3.63, 3.8) is 0 Å². The molecule has 1 heterocycles. The topological polar surface area (TPSA) is 43.8 Å². The first-order valence-corrected chi connectivity index (χ1v) is 6.15. The van der Waals surface area contributed by atoms with E-state index < -0.39 is 6.04 Å². The summed E-state index contributed by atoms with van der Waals surface area (Å²) < 4.78 is 15.5. The molecule has 0 saturated heterocycles. The molecule has 2 rings (SSSR count). The van der Waals surface area contributed by atoms with Crippen molar-refractivity contribution in [1.82, 2.24) is 9.78 Å². The van der Waals surface area contributed by atoms with Crippen LogP contribution in [0.5, 0.6) is 0 Å². The maximum absolute atomic E-state index is 13.8. The average molecular weight is 268 g/mol. The number of nitrogens with zero attached hydrogens (tertiary/aromatic N) is 2. The van der Waals surface area contributed by atoms with Crippen molar-refractivity contribution in [2.45, 2.75) is 26.4 Å². The number of nitrogens with two attached hydrogens (primary N) is 1. The fraction of sp³-hybridized carbons (Fsp3) is 0.308. The fourth-order valence-electron chi connectivity index (χ4n) is 1.98. The minimum atomic E-state index is -0.611. The Labute approximate surface area is 110 Å². The van der Waals surface area contributed by atoms with Gasteiger partial charge in [-0.25, -0.2) is 4.39 Å². The highest BCUT2D eigenvalue weighted by Gasteiger charge is 2.20. The number of hydrogen-bond acceptors (Lipinski definition) is 2. The zero-order valence-electron chi connectivity index (χ0n) is 10.3. The highest BCUT2D eigenvalue weighted by molar-refractivity contribution is 6.31. The van der Waals surface area contributed by atoms with Crippen molar-refractivity contribution < 1.29 is 4.39 Å². The SMILES string of the molecule is CCn1ncc(Cl)c1C(N)c1cc(C)ccc1F. The van der Waals surface area contributed by atoms with Gasteiger partial charge in [0.25, 0.3) is 0 Å². The molecule has 5 heteroatoms. The normalized spacial score (nSPS) is 12.7. The molecular formula is C13H15ClFN3. The molecule has 18 heavy (non-hydrogen) atoms. The van der Waals surface area contributed by atoms with E-state index in [1.54, 1.807) is 16.8 Å². The van der Waals surface area contributed by atoms with Gasteiger partial charge in [0, 0.05) is 12.1 Å². The smallest absolute Gasteiger partial charge is 0.128 e. The van der Waals surface area contributed by atoms with Crippen LogP contribution in [0.2, 0.25) is 5.02 Å². The van der Waals surface area contributed by atoms with Crippen LogP contribution in [0.3, 0.4) is 0 Å². The van der Waals surface area contributed by atoms with Gasteiger partial charge in [-0.15, -0.1) is 0 Å². The van der Waals surface area contributed by atoms with Crippen LogP contribution in [0.4, 0.5) is 4.39 Å². The van der Waals surface area contributed by atoms with Gasteiger partial charge in [0.15, 0.2) is 0 Å². The lowest BCUT2D eigenvalue weighted by Crippen LogP contribution is -2.19. The summed E-state index contributed by atoms with van der Waals surface area (Å²) in [7, 11) is 0. The summed E-state index contributed by atoms with van der Waals surface area (Å²) in [6.45, 7) is 4.48. The number of hydrogen-bond donors (Lipinski definition) is 1. The first-order chi connectivity index (χ1) is 8.54. The second-order valence-corrected chi connectivity index (χ2v) is 4.60.